The molecule has 0 aliphatic heterocycles. The van der Waals surface area contributed by atoms with Gasteiger partial charge >= 0.3 is 6.18 Å². The van der Waals surface area contributed by atoms with Gasteiger partial charge in [0.25, 0.3) is 11.4 Å². The van der Waals surface area contributed by atoms with E-state index in [0.717, 1.165) is 0 Å². The second-order valence-corrected chi connectivity index (χ2v) is 2.95. The lowest BCUT2D eigenvalue weighted by Crippen LogP contribution is -2.12. The predicted octanol–water partition coefficient (Wildman–Crippen LogP) is 2.10. The van der Waals surface area contributed by atoms with Gasteiger partial charge in [0.15, 0.2) is 0 Å². The van der Waals surface area contributed by atoms with E-state index in [1.165, 1.54) is 0 Å². The van der Waals surface area contributed by atoms with E-state index in [9.17, 15) is 33.4 Å². The normalized spacial score (nSPS) is 11.2. The van der Waals surface area contributed by atoms with Crippen LogP contribution in [0.3, 0.4) is 0 Å². The first kappa shape index (κ1) is 12.7. The molecule has 0 bridgehead atoms. The Morgan fingerprint density at radius 2 is 1.41 bits per heavy atom. The van der Waals surface area contributed by atoms with Crippen LogP contribution in [0.4, 0.5) is 30.2 Å². The molecule has 2 N–H and O–H groups in total. The Morgan fingerprint density at radius 3 is 1.65 bits per heavy atom. The molecule has 7 nitrogen and oxygen atoms in total. The highest BCUT2D eigenvalue weighted by Gasteiger charge is 2.45. The quantitative estimate of drug-likeness (QED) is 0.491. The lowest BCUT2D eigenvalue weighted by Gasteiger charge is -2.08. The van der Waals surface area contributed by atoms with Gasteiger partial charge in [0.05, 0.1) is 9.85 Å². The van der Waals surface area contributed by atoms with Crippen molar-refractivity contribution in [3.05, 3.63) is 37.9 Å². The Bertz CT molecular complexity index is 465. The summed E-state index contributed by atoms with van der Waals surface area (Å²) >= 11 is 0. The Morgan fingerprint density at radius 1 is 1.06 bits per heavy atom. The van der Waals surface area contributed by atoms with Crippen molar-refractivity contribution in [3.8, 4) is 0 Å². The van der Waals surface area contributed by atoms with Crippen molar-refractivity contribution in [1.29, 1.82) is 0 Å². The number of hydrogen-bond donors (Lipinski definition) is 1. The SMILES string of the molecule is Nc1cc([N+](=O)[O-])c(C(F)(F)F)c([N+](=O)[O-])c1. The fourth-order valence-corrected chi connectivity index (χ4v) is 1.21. The maximum absolute atomic E-state index is 12.5. The van der Waals surface area contributed by atoms with E-state index in [4.69, 9.17) is 5.73 Å². The molecule has 0 heterocycles. The summed E-state index contributed by atoms with van der Waals surface area (Å²) in [5.74, 6) is 0. The van der Waals surface area contributed by atoms with Crippen molar-refractivity contribution in [2.75, 3.05) is 5.73 Å². The Labute approximate surface area is 90.9 Å². The van der Waals surface area contributed by atoms with Crippen molar-refractivity contribution in [2.24, 2.45) is 0 Å². The first-order chi connectivity index (χ1) is 7.64. The minimum atomic E-state index is -5.21. The van der Waals surface area contributed by atoms with Crippen molar-refractivity contribution in [1.82, 2.24) is 0 Å². The Hall–Kier alpha value is -2.39. The topological polar surface area (TPSA) is 112 Å². The molecule has 0 aliphatic rings. The first-order valence-electron chi connectivity index (χ1n) is 3.94. The lowest BCUT2D eigenvalue weighted by molar-refractivity contribution is -0.399. The number of nitrogen functional groups attached to an aromatic ring is 1. The molecule has 0 saturated carbocycles. The summed E-state index contributed by atoms with van der Waals surface area (Å²) in [5.41, 5.74) is -0.215. The van der Waals surface area contributed by atoms with Crippen LogP contribution in [0.1, 0.15) is 5.56 Å². The third kappa shape index (κ3) is 2.41. The zero-order valence-electron chi connectivity index (χ0n) is 7.89. The first-order valence-corrected chi connectivity index (χ1v) is 3.94. The van der Waals surface area contributed by atoms with Crippen LogP contribution < -0.4 is 5.73 Å². The fraction of sp³-hybridized carbons (Fsp3) is 0.143. The molecule has 0 aromatic heterocycles. The van der Waals surface area contributed by atoms with E-state index < -0.39 is 38.6 Å². The number of nitrogens with two attached hydrogens (primary N) is 1. The largest absolute Gasteiger partial charge is 0.429 e. The van der Waals surface area contributed by atoms with Gasteiger partial charge in [0.1, 0.15) is 0 Å². The van der Waals surface area contributed by atoms with E-state index in [0.29, 0.717) is 12.1 Å². The molecule has 0 atom stereocenters. The van der Waals surface area contributed by atoms with E-state index in [-0.39, 0.29) is 0 Å². The van der Waals surface area contributed by atoms with Gasteiger partial charge in [0, 0.05) is 17.8 Å². The van der Waals surface area contributed by atoms with Crippen LogP contribution >= 0.6 is 0 Å². The minimum absolute atomic E-state index is 0.426. The molecule has 10 heteroatoms. The molecule has 1 aromatic rings. The molecule has 0 radical (unpaired) electrons. The van der Waals surface area contributed by atoms with E-state index in [2.05, 4.69) is 0 Å². The summed E-state index contributed by atoms with van der Waals surface area (Å²) in [4.78, 5) is 18.1. The summed E-state index contributed by atoms with van der Waals surface area (Å²) in [7, 11) is 0. The zero-order valence-corrected chi connectivity index (χ0v) is 7.89. The van der Waals surface area contributed by atoms with Gasteiger partial charge in [-0.3, -0.25) is 20.2 Å². The summed E-state index contributed by atoms with van der Waals surface area (Å²) in [6.45, 7) is 0. The van der Waals surface area contributed by atoms with Crippen LogP contribution in [0.15, 0.2) is 12.1 Å². The molecular formula is C7H4F3N3O4. The third-order valence-corrected chi connectivity index (χ3v) is 1.80. The van der Waals surface area contributed by atoms with E-state index in [1.807, 2.05) is 0 Å². The van der Waals surface area contributed by atoms with E-state index >= 15 is 0 Å². The second-order valence-electron chi connectivity index (χ2n) is 2.95. The maximum atomic E-state index is 12.5. The number of nitro benzene ring substituents is 2. The second kappa shape index (κ2) is 3.88. The van der Waals surface area contributed by atoms with E-state index in [1.54, 1.807) is 0 Å². The minimum Gasteiger partial charge on any atom is -0.398 e. The molecular weight excluding hydrogens is 247 g/mol. The van der Waals surface area contributed by atoms with Gasteiger partial charge in [-0.25, -0.2) is 0 Å². The van der Waals surface area contributed by atoms with Crippen LogP contribution in [-0.2, 0) is 6.18 Å². The van der Waals surface area contributed by atoms with Crippen molar-refractivity contribution in [3.63, 3.8) is 0 Å². The van der Waals surface area contributed by atoms with Crippen molar-refractivity contribution < 1.29 is 23.0 Å². The average molecular weight is 251 g/mol. The summed E-state index contributed by atoms with van der Waals surface area (Å²) in [5, 5.41) is 20.8. The monoisotopic (exact) mass is 251 g/mol. The third-order valence-electron chi connectivity index (χ3n) is 1.80. The van der Waals surface area contributed by atoms with Crippen LogP contribution in [0.2, 0.25) is 0 Å². The van der Waals surface area contributed by atoms with Gasteiger partial charge in [-0.1, -0.05) is 0 Å². The zero-order chi connectivity index (χ0) is 13.4. The fourth-order valence-electron chi connectivity index (χ4n) is 1.21. The maximum Gasteiger partial charge on any atom is 0.429 e. The molecule has 0 fully saturated rings. The predicted molar refractivity (Wildman–Crippen MR) is 49.2 cm³/mol. The Balaban J connectivity index is 3.72. The molecule has 1 rings (SSSR count). The average Bonchev–Trinajstić information content (AvgIpc) is 2.14. The highest BCUT2D eigenvalue weighted by Crippen LogP contribution is 2.43. The lowest BCUT2D eigenvalue weighted by atomic mass is 10.1. The van der Waals surface area contributed by atoms with Crippen LogP contribution in [0, 0.1) is 20.2 Å². The summed E-state index contributed by atoms with van der Waals surface area (Å²) in [6.07, 6.45) is -5.21. The van der Waals surface area contributed by atoms with Gasteiger partial charge in [-0.05, 0) is 0 Å². The molecule has 0 saturated heterocycles. The highest BCUT2D eigenvalue weighted by atomic mass is 19.4. The molecule has 0 amide bonds. The molecule has 92 valence electrons. The van der Waals surface area contributed by atoms with Gasteiger partial charge in [0.2, 0.25) is 5.56 Å². The van der Waals surface area contributed by atoms with Crippen LogP contribution in [0.5, 0.6) is 0 Å². The summed E-state index contributed by atoms with van der Waals surface area (Å²) in [6, 6.07) is 0.853. The number of halogens is 3. The van der Waals surface area contributed by atoms with Crippen LogP contribution in [-0.4, -0.2) is 9.85 Å². The smallest absolute Gasteiger partial charge is 0.398 e. The standard InChI is InChI=1S/C7H4F3N3O4/c8-7(9,10)6-4(12(14)15)1-3(11)2-5(6)13(16)17/h1-2H,11H2. The highest BCUT2D eigenvalue weighted by molar-refractivity contribution is 5.64. The van der Waals surface area contributed by atoms with Crippen molar-refractivity contribution >= 4 is 17.1 Å². The number of nitro groups is 2. The molecule has 0 spiro atoms. The van der Waals surface area contributed by atoms with Crippen LogP contribution in [0.25, 0.3) is 0 Å². The number of benzene rings is 1. The summed E-state index contributed by atoms with van der Waals surface area (Å²) < 4.78 is 37.5. The Kier molecular flexibility index (Phi) is 2.90. The number of nitrogens with zero attached hydrogens (tertiary/aromatic N) is 2. The number of anilines is 1. The molecule has 0 aliphatic carbocycles. The van der Waals surface area contributed by atoms with Gasteiger partial charge in [-0.2, -0.15) is 13.2 Å². The number of hydrogen-bond acceptors (Lipinski definition) is 5. The number of alkyl halides is 3. The molecule has 0 unspecified atom stereocenters. The van der Waals surface area contributed by atoms with Crippen molar-refractivity contribution in [2.45, 2.75) is 6.18 Å². The number of rotatable bonds is 2. The molecule has 1 aromatic carbocycles. The van der Waals surface area contributed by atoms with Gasteiger partial charge < -0.3 is 5.73 Å². The van der Waals surface area contributed by atoms with Gasteiger partial charge in [-0.15, -0.1) is 0 Å². The molecule has 17 heavy (non-hydrogen) atoms.